The second-order valence-corrected chi connectivity index (χ2v) is 4.69. The molecule has 0 aliphatic heterocycles. The number of aliphatic hydroxyl groups excluding tert-OH is 1. The Morgan fingerprint density at radius 2 is 2.18 bits per heavy atom. The normalized spacial score (nSPS) is 15.1. The van der Waals surface area contributed by atoms with Crippen molar-refractivity contribution in [1.29, 1.82) is 0 Å². The Kier molecular flexibility index (Phi) is 4.25. The largest absolute Gasteiger partial charge is 0.396 e. The van der Waals surface area contributed by atoms with Crippen LogP contribution in [-0.2, 0) is 13.0 Å². The van der Waals surface area contributed by atoms with Gasteiger partial charge >= 0.3 is 0 Å². The smallest absolute Gasteiger partial charge is 0.172 e. The molecule has 5 heteroatoms. The lowest BCUT2D eigenvalue weighted by Gasteiger charge is -2.05. The fraction of sp³-hybridized carbons (Fsp3) is 0.750. The van der Waals surface area contributed by atoms with Crippen molar-refractivity contribution in [3.8, 4) is 0 Å². The van der Waals surface area contributed by atoms with Gasteiger partial charge in [0, 0.05) is 13.2 Å². The SMILES string of the molecule is O=Cc1nnn(CCCCCO)c1CC1CC1. The van der Waals surface area contributed by atoms with Crippen LogP contribution in [0.3, 0.4) is 0 Å². The van der Waals surface area contributed by atoms with Gasteiger partial charge in [0.2, 0.25) is 0 Å². The summed E-state index contributed by atoms with van der Waals surface area (Å²) in [5.74, 6) is 0.725. The fourth-order valence-corrected chi connectivity index (χ4v) is 1.97. The predicted octanol–water partition coefficient (Wildman–Crippen LogP) is 1.21. The molecule has 1 saturated carbocycles. The molecule has 0 atom stereocenters. The number of unbranched alkanes of at least 4 members (excludes halogenated alkanes) is 2. The number of aryl methyl sites for hydroxylation is 1. The highest BCUT2D eigenvalue weighted by Gasteiger charge is 2.25. The van der Waals surface area contributed by atoms with Crippen LogP contribution in [0.25, 0.3) is 0 Å². The highest BCUT2D eigenvalue weighted by molar-refractivity contribution is 5.73. The summed E-state index contributed by atoms with van der Waals surface area (Å²) < 4.78 is 1.86. The number of aromatic nitrogens is 3. The first-order valence-electron chi connectivity index (χ1n) is 6.33. The standard InChI is InChI=1S/C12H19N3O2/c16-7-3-1-2-6-15-12(8-10-4-5-10)11(9-17)13-14-15/h9-10,16H,1-8H2. The minimum Gasteiger partial charge on any atom is -0.396 e. The molecule has 5 nitrogen and oxygen atoms in total. The molecule has 1 aliphatic carbocycles. The van der Waals surface area contributed by atoms with E-state index in [0.717, 1.165) is 50.1 Å². The monoisotopic (exact) mass is 237 g/mol. The Morgan fingerprint density at radius 1 is 1.35 bits per heavy atom. The van der Waals surface area contributed by atoms with Crippen molar-refractivity contribution in [2.45, 2.75) is 45.1 Å². The molecule has 1 aliphatic rings. The zero-order chi connectivity index (χ0) is 12.1. The van der Waals surface area contributed by atoms with Gasteiger partial charge in [-0.3, -0.25) is 4.79 Å². The number of aldehydes is 1. The van der Waals surface area contributed by atoms with E-state index in [4.69, 9.17) is 5.11 Å². The van der Waals surface area contributed by atoms with Crippen LogP contribution < -0.4 is 0 Å². The van der Waals surface area contributed by atoms with E-state index in [-0.39, 0.29) is 6.61 Å². The maximum Gasteiger partial charge on any atom is 0.172 e. The van der Waals surface area contributed by atoms with Crippen molar-refractivity contribution < 1.29 is 9.90 Å². The molecule has 1 heterocycles. The highest BCUT2D eigenvalue weighted by atomic mass is 16.2. The van der Waals surface area contributed by atoms with Crippen molar-refractivity contribution in [3.05, 3.63) is 11.4 Å². The van der Waals surface area contributed by atoms with Crippen LogP contribution in [-0.4, -0.2) is 33.0 Å². The molecule has 0 saturated heterocycles. The molecule has 1 aromatic rings. The first kappa shape index (κ1) is 12.2. The third-order valence-electron chi connectivity index (χ3n) is 3.19. The molecule has 1 aromatic heterocycles. The minimum absolute atomic E-state index is 0.242. The van der Waals surface area contributed by atoms with E-state index in [9.17, 15) is 4.79 Å². The van der Waals surface area contributed by atoms with Gasteiger partial charge in [0.05, 0.1) is 5.69 Å². The van der Waals surface area contributed by atoms with Gasteiger partial charge in [-0.05, 0) is 44.4 Å². The molecule has 0 unspecified atom stereocenters. The van der Waals surface area contributed by atoms with Gasteiger partial charge in [-0.25, -0.2) is 4.68 Å². The summed E-state index contributed by atoms with van der Waals surface area (Å²) in [6.45, 7) is 1.04. The summed E-state index contributed by atoms with van der Waals surface area (Å²) in [6, 6.07) is 0. The van der Waals surface area contributed by atoms with E-state index in [2.05, 4.69) is 10.3 Å². The number of hydrogen-bond acceptors (Lipinski definition) is 4. The first-order chi connectivity index (χ1) is 8.35. The number of hydrogen-bond donors (Lipinski definition) is 1. The lowest BCUT2D eigenvalue weighted by Crippen LogP contribution is -2.07. The number of nitrogens with zero attached hydrogens (tertiary/aromatic N) is 3. The Morgan fingerprint density at radius 3 is 2.82 bits per heavy atom. The van der Waals surface area contributed by atoms with E-state index >= 15 is 0 Å². The van der Waals surface area contributed by atoms with E-state index in [1.165, 1.54) is 12.8 Å². The van der Waals surface area contributed by atoms with Crippen LogP contribution >= 0.6 is 0 Å². The fourth-order valence-electron chi connectivity index (χ4n) is 1.97. The Balaban J connectivity index is 1.94. The zero-order valence-corrected chi connectivity index (χ0v) is 10.0. The van der Waals surface area contributed by atoms with Crippen LogP contribution in [0, 0.1) is 5.92 Å². The quantitative estimate of drug-likeness (QED) is 0.545. The molecule has 0 amide bonds. The third kappa shape index (κ3) is 3.36. The summed E-state index contributed by atoms with van der Waals surface area (Å²) >= 11 is 0. The molecule has 0 spiro atoms. The molecule has 1 fully saturated rings. The van der Waals surface area contributed by atoms with E-state index in [1.54, 1.807) is 0 Å². The van der Waals surface area contributed by atoms with Crippen LogP contribution in [0.15, 0.2) is 0 Å². The van der Waals surface area contributed by atoms with Gasteiger partial charge in [-0.2, -0.15) is 0 Å². The van der Waals surface area contributed by atoms with Crippen LogP contribution in [0.4, 0.5) is 0 Å². The first-order valence-corrected chi connectivity index (χ1v) is 6.33. The maximum absolute atomic E-state index is 10.9. The molecule has 17 heavy (non-hydrogen) atoms. The molecule has 2 rings (SSSR count). The molecule has 1 N–H and O–H groups in total. The number of aliphatic hydroxyl groups is 1. The number of carbonyl (C=O) groups excluding carboxylic acids is 1. The second-order valence-electron chi connectivity index (χ2n) is 4.69. The second kappa shape index (κ2) is 5.91. The van der Waals surface area contributed by atoms with Gasteiger partial charge in [-0.15, -0.1) is 5.10 Å². The van der Waals surface area contributed by atoms with Crippen LogP contribution in [0.1, 0.15) is 48.3 Å². The van der Waals surface area contributed by atoms with E-state index in [0.29, 0.717) is 5.69 Å². The average molecular weight is 237 g/mol. The molecular formula is C12H19N3O2. The van der Waals surface area contributed by atoms with Crippen molar-refractivity contribution in [2.24, 2.45) is 5.92 Å². The summed E-state index contributed by atoms with van der Waals surface area (Å²) in [5.41, 5.74) is 1.49. The topological polar surface area (TPSA) is 68.0 Å². The molecule has 94 valence electrons. The van der Waals surface area contributed by atoms with Crippen LogP contribution in [0.5, 0.6) is 0 Å². The summed E-state index contributed by atoms with van der Waals surface area (Å²) in [4.78, 5) is 10.9. The summed E-state index contributed by atoms with van der Waals surface area (Å²) in [7, 11) is 0. The van der Waals surface area contributed by atoms with E-state index in [1.807, 2.05) is 4.68 Å². The van der Waals surface area contributed by atoms with Gasteiger partial charge in [-0.1, -0.05) is 5.21 Å². The Labute approximate surface area is 101 Å². The molecular weight excluding hydrogens is 218 g/mol. The number of rotatable bonds is 8. The summed E-state index contributed by atoms with van der Waals surface area (Å²) in [5, 5.41) is 16.7. The molecule has 0 aromatic carbocycles. The lowest BCUT2D eigenvalue weighted by molar-refractivity contribution is 0.111. The maximum atomic E-state index is 10.9. The van der Waals surface area contributed by atoms with Gasteiger partial charge in [0.25, 0.3) is 0 Å². The third-order valence-corrected chi connectivity index (χ3v) is 3.19. The van der Waals surface area contributed by atoms with Crippen molar-refractivity contribution >= 4 is 6.29 Å². The van der Waals surface area contributed by atoms with Crippen LogP contribution in [0.2, 0.25) is 0 Å². The lowest BCUT2D eigenvalue weighted by atomic mass is 10.2. The highest BCUT2D eigenvalue weighted by Crippen LogP contribution is 2.32. The zero-order valence-electron chi connectivity index (χ0n) is 10.0. The van der Waals surface area contributed by atoms with E-state index < -0.39 is 0 Å². The average Bonchev–Trinajstić information content (AvgIpc) is 3.07. The molecule has 0 radical (unpaired) electrons. The van der Waals surface area contributed by atoms with Gasteiger partial charge in [0.1, 0.15) is 5.69 Å². The van der Waals surface area contributed by atoms with Crippen molar-refractivity contribution in [1.82, 2.24) is 15.0 Å². The van der Waals surface area contributed by atoms with Crippen molar-refractivity contribution in [3.63, 3.8) is 0 Å². The summed E-state index contributed by atoms with van der Waals surface area (Å²) in [6.07, 6.45) is 7.03. The van der Waals surface area contributed by atoms with Gasteiger partial charge in [0.15, 0.2) is 6.29 Å². The van der Waals surface area contributed by atoms with Gasteiger partial charge < -0.3 is 5.11 Å². The molecule has 0 bridgehead atoms. The van der Waals surface area contributed by atoms with Crippen molar-refractivity contribution in [2.75, 3.05) is 6.61 Å². The Hall–Kier alpha value is -1.23. The number of carbonyl (C=O) groups is 1. The Bertz CT molecular complexity index is 372. The minimum atomic E-state index is 0.242. The predicted molar refractivity (Wildman–Crippen MR) is 62.8 cm³/mol.